The molecule has 0 rings (SSSR count). The third kappa shape index (κ3) is 7.82. The first-order valence-electron chi connectivity index (χ1n) is 5.32. The Bertz CT molecular complexity index is 233. The topological polar surface area (TPSA) is 86.1 Å². The molecule has 0 aliphatic heterocycles. The third-order valence-electron chi connectivity index (χ3n) is 2.38. The molecule has 0 fully saturated rings. The molecule has 1 unspecified atom stereocenters. The highest BCUT2D eigenvalue weighted by atomic mass is 16.4. The van der Waals surface area contributed by atoms with E-state index in [0.717, 1.165) is 19.3 Å². The Morgan fingerprint density at radius 2 is 2.27 bits per heavy atom. The van der Waals surface area contributed by atoms with Crippen molar-refractivity contribution >= 4 is 5.97 Å². The molecule has 0 aromatic heterocycles. The van der Waals surface area contributed by atoms with E-state index in [9.17, 15) is 4.79 Å². The van der Waals surface area contributed by atoms with Crippen LogP contribution in [0.1, 0.15) is 39.5 Å². The molecule has 0 radical (unpaired) electrons. The molecule has 0 aliphatic rings. The minimum absolute atomic E-state index is 0.0278. The Morgan fingerprint density at radius 1 is 1.60 bits per heavy atom. The summed E-state index contributed by atoms with van der Waals surface area (Å²) in [6.07, 6.45) is 3.10. The van der Waals surface area contributed by atoms with E-state index in [4.69, 9.17) is 10.6 Å². The largest absolute Gasteiger partial charge is 0.481 e. The SMILES string of the molecule is CCCC(C)C[C@H](CN=[N+]=[N-])CC(=O)O. The average Bonchev–Trinajstić information content (AvgIpc) is 2.13. The Hall–Kier alpha value is -1.22. The summed E-state index contributed by atoms with van der Waals surface area (Å²) >= 11 is 0. The zero-order valence-corrected chi connectivity index (χ0v) is 9.39. The number of hydrogen-bond donors (Lipinski definition) is 1. The predicted molar refractivity (Wildman–Crippen MR) is 58.4 cm³/mol. The normalized spacial score (nSPS) is 14.0. The predicted octanol–water partition coefficient (Wildman–Crippen LogP) is 3.21. The van der Waals surface area contributed by atoms with Crippen molar-refractivity contribution in [2.24, 2.45) is 17.0 Å². The van der Waals surface area contributed by atoms with Crippen LogP contribution < -0.4 is 0 Å². The van der Waals surface area contributed by atoms with Crippen molar-refractivity contribution in [3.8, 4) is 0 Å². The van der Waals surface area contributed by atoms with E-state index < -0.39 is 5.97 Å². The van der Waals surface area contributed by atoms with Gasteiger partial charge in [0.1, 0.15) is 0 Å². The zero-order valence-electron chi connectivity index (χ0n) is 9.39. The summed E-state index contributed by atoms with van der Waals surface area (Å²) in [4.78, 5) is 13.2. The van der Waals surface area contributed by atoms with Gasteiger partial charge < -0.3 is 5.11 Å². The second-order valence-electron chi connectivity index (χ2n) is 4.01. The van der Waals surface area contributed by atoms with Crippen molar-refractivity contribution in [1.29, 1.82) is 0 Å². The first kappa shape index (κ1) is 13.8. The number of hydrogen-bond acceptors (Lipinski definition) is 2. The van der Waals surface area contributed by atoms with Crippen LogP contribution in [0.25, 0.3) is 10.4 Å². The molecular formula is C10H19N3O2. The minimum atomic E-state index is -0.822. The van der Waals surface area contributed by atoms with Crippen molar-refractivity contribution in [3.05, 3.63) is 10.4 Å². The molecule has 5 heteroatoms. The third-order valence-corrected chi connectivity index (χ3v) is 2.38. The molecule has 0 aromatic carbocycles. The average molecular weight is 213 g/mol. The van der Waals surface area contributed by atoms with Crippen molar-refractivity contribution in [3.63, 3.8) is 0 Å². The van der Waals surface area contributed by atoms with Gasteiger partial charge in [0.2, 0.25) is 0 Å². The van der Waals surface area contributed by atoms with Gasteiger partial charge in [-0.15, -0.1) is 0 Å². The molecular weight excluding hydrogens is 194 g/mol. The van der Waals surface area contributed by atoms with Crippen molar-refractivity contribution < 1.29 is 9.90 Å². The Labute approximate surface area is 90.1 Å². The molecule has 0 saturated heterocycles. The highest BCUT2D eigenvalue weighted by molar-refractivity contribution is 5.67. The molecule has 0 bridgehead atoms. The lowest BCUT2D eigenvalue weighted by Gasteiger charge is -2.17. The van der Waals surface area contributed by atoms with Gasteiger partial charge in [0, 0.05) is 17.9 Å². The van der Waals surface area contributed by atoms with Crippen LogP contribution in [0, 0.1) is 11.8 Å². The molecule has 0 amide bonds. The second kappa shape index (κ2) is 8.12. The summed E-state index contributed by atoms with van der Waals surface area (Å²) < 4.78 is 0. The van der Waals surface area contributed by atoms with Gasteiger partial charge in [-0.2, -0.15) is 0 Å². The molecule has 0 aromatic rings. The summed E-state index contributed by atoms with van der Waals surface area (Å²) in [5.74, 6) is -0.356. The van der Waals surface area contributed by atoms with Gasteiger partial charge in [-0.3, -0.25) is 4.79 Å². The molecule has 0 spiro atoms. The standard InChI is InChI=1S/C10H19N3O2/c1-3-4-8(2)5-9(6-10(14)15)7-12-13-11/h8-9H,3-7H2,1-2H3,(H,14,15)/t8?,9-/m0/s1. The molecule has 5 nitrogen and oxygen atoms in total. The van der Waals surface area contributed by atoms with Gasteiger partial charge in [0.25, 0.3) is 0 Å². The molecule has 0 heterocycles. The molecule has 15 heavy (non-hydrogen) atoms. The number of carboxylic acid groups (broad SMARTS) is 1. The van der Waals surface area contributed by atoms with E-state index in [1.165, 1.54) is 0 Å². The van der Waals surface area contributed by atoms with Gasteiger partial charge >= 0.3 is 5.97 Å². The first-order valence-corrected chi connectivity index (χ1v) is 5.32. The van der Waals surface area contributed by atoms with E-state index >= 15 is 0 Å². The smallest absolute Gasteiger partial charge is 0.303 e. The number of carboxylic acids is 1. The summed E-state index contributed by atoms with van der Waals surface area (Å²) in [6.45, 7) is 4.50. The highest BCUT2D eigenvalue weighted by Crippen LogP contribution is 2.20. The van der Waals surface area contributed by atoms with Crippen LogP contribution in [0.4, 0.5) is 0 Å². The molecule has 0 saturated carbocycles. The number of rotatable bonds is 8. The van der Waals surface area contributed by atoms with Gasteiger partial charge in [0.05, 0.1) is 0 Å². The fourth-order valence-corrected chi connectivity index (χ4v) is 1.80. The number of carbonyl (C=O) groups is 1. The maximum atomic E-state index is 10.6. The van der Waals surface area contributed by atoms with E-state index in [-0.39, 0.29) is 18.9 Å². The molecule has 1 N–H and O–H groups in total. The summed E-state index contributed by atoms with van der Waals surface area (Å²) in [7, 11) is 0. The number of aliphatic carboxylic acids is 1. The summed E-state index contributed by atoms with van der Waals surface area (Å²) in [6, 6.07) is 0. The lowest BCUT2D eigenvalue weighted by Crippen LogP contribution is -2.14. The van der Waals surface area contributed by atoms with Gasteiger partial charge in [-0.25, -0.2) is 0 Å². The molecule has 86 valence electrons. The van der Waals surface area contributed by atoms with Crippen LogP contribution >= 0.6 is 0 Å². The van der Waals surface area contributed by atoms with E-state index in [2.05, 4.69) is 23.9 Å². The maximum absolute atomic E-state index is 10.6. The lowest BCUT2D eigenvalue weighted by molar-refractivity contribution is -0.138. The first-order chi connectivity index (χ1) is 7.10. The van der Waals surface area contributed by atoms with Gasteiger partial charge in [-0.05, 0) is 23.8 Å². The fraction of sp³-hybridized carbons (Fsp3) is 0.900. The van der Waals surface area contributed by atoms with Crippen LogP contribution in [0.2, 0.25) is 0 Å². The van der Waals surface area contributed by atoms with E-state index in [1.807, 2.05) is 0 Å². The lowest BCUT2D eigenvalue weighted by atomic mass is 9.90. The second-order valence-corrected chi connectivity index (χ2v) is 4.01. The van der Waals surface area contributed by atoms with Crippen LogP contribution in [0.15, 0.2) is 5.11 Å². The molecule has 2 atom stereocenters. The van der Waals surface area contributed by atoms with E-state index in [1.54, 1.807) is 0 Å². The zero-order chi connectivity index (χ0) is 11.7. The van der Waals surface area contributed by atoms with Gasteiger partial charge in [-0.1, -0.05) is 31.8 Å². The van der Waals surface area contributed by atoms with Crippen LogP contribution in [0.3, 0.4) is 0 Å². The summed E-state index contributed by atoms with van der Waals surface area (Å²) in [5, 5.41) is 12.1. The highest BCUT2D eigenvalue weighted by Gasteiger charge is 2.15. The van der Waals surface area contributed by atoms with Crippen LogP contribution in [0.5, 0.6) is 0 Å². The number of nitrogens with zero attached hydrogens (tertiary/aromatic N) is 3. The van der Waals surface area contributed by atoms with Gasteiger partial charge in [0.15, 0.2) is 0 Å². The number of azide groups is 1. The monoisotopic (exact) mass is 213 g/mol. The summed E-state index contributed by atoms with van der Waals surface area (Å²) in [5.41, 5.74) is 8.20. The Morgan fingerprint density at radius 3 is 2.73 bits per heavy atom. The van der Waals surface area contributed by atoms with Crippen LogP contribution in [-0.2, 0) is 4.79 Å². The van der Waals surface area contributed by atoms with Crippen molar-refractivity contribution in [1.82, 2.24) is 0 Å². The maximum Gasteiger partial charge on any atom is 0.303 e. The quantitative estimate of drug-likeness (QED) is 0.381. The van der Waals surface area contributed by atoms with E-state index in [0.29, 0.717) is 5.92 Å². The van der Waals surface area contributed by atoms with Crippen LogP contribution in [-0.4, -0.2) is 17.6 Å². The minimum Gasteiger partial charge on any atom is -0.481 e. The Balaban J connectivity index is 4.09. The fourth-order valence-electron chi connectivity index (χ4n) is 1.80. The van der Waals surface area contributed by atoms with Crippen molar-refractivity contribution in [2.45, 2.75) is 39.5 Å². The Kier molecular flexibility index (Phi) is 7.46. The molecule has 0 aliphatic carbocycles. The van der Waals surface area contributed by atoms with Crippen molar-refractivity contribution in [2.75, 3.05) is 6.54 Å².